The second kappa shape index (κ2) is 6.11. The fraction of sp³-hybridized carbons (Fsp3) is 0.692. The van der Waals surface area contributed by atoms with E-state index in [2.05, 4.69) is 5.32 Å². The van der Waals surface area contributed by atoms with Gasteiger partial charge in [0.05, 0.1) is 12.7 Å². The third-order valence-corrected chi connectivity index (χ3v) is 3.51. The molecule has 2 atom stereocenters. The van der Waals surface area contributed by atoms with E-state index in [0.717, 1.165) is 25.7 Å². The Morgan fingerprint density at radius 3 is 2.89 bits per heavy atom. The van der Waals surface area contributed by atoms with E-state index in [9.17, 15) is 9.59 Å². The summed E-state index contributed by atoms with van der Waals surface area (Å²) >= 11 is 0. The molecule has 0 spiro atoms. The molecule has 2 amide bonds. The van der Waals surface area contributed by atoms with Crippen LogP contribution in [0, 0.1) is 5.92 Å². The van der Waals surface area contributed by atoms with Crippen LogP contribution in [0.1, 0.15) is 25.7 Å². The van der Waals surface area contributed by atoms with Crippen LogP contribution in [0.15, 0.2) is 11.6 Å². The predicted octanol–water partition coefficient (Wildman–Crippen LogP) is 0.791. The van der Waals surface area contributed by atoms with Crippen molar-refractivity contribution < 1.29 is 19.1 Å². The number of hydrogen-bond donors (Lipinski definition) is 1. The van der Waals surface area contributed by atoms with Gasteiger partial charge < -0.3 is 9.47 Å². The van der Waals surface area contributed by atoms with Crippen molar-refractivity contribution in [3.8, 4) is 0 Å². The Bertz CT molecular complexity index is 364. The molecule has 18 heavy (non-hydrogen) atoms. The highest BCUT2D eigenvalue weighted by Gasteiger charge is 2.23. The molecule has 0 aromatic heterocycles. The molecule has 0 aromatic rings. The lowest BCUT2D eigenvalue weighted by molar-refractivity contribution is -0.124. The predicted molar refractivity (Wildman–Crippen MR) is 64.8 cm³/mol. The summed E-state index contributed by atoms with van der Waals surface area (Å²) in [6.45, 7) is 0.838. The maximum Gasteiger partial charge on any atom is 0.256 e. The summed E-state index contributed by atoms with van der Waals surface area (Å²) in [6.07, 6.45) is 6.08. The summed E-state index contributed by atoms with van der Waals surface area (Å²) in [5.74, 6) is -0.196. The zero-order valence-electron chi connectivity index (χ0n) is 10.6. The van der Waals surface area contributed by atoms with Crippen molar-refractivity contribution in [2.75, 3.05) is 20.3 Å². The van der Waals surface area contributed by atoms with Crippen LogP contribution in [-0.4, -0.2) is 38.2 Å². The second-order valence-corrected chi connectivity index (χ2v) is 4.89. The topological polar surface area (TPSA) is 64.6 Å². The van der Waals surface area contributed by atoms with Gasteiger partial charge in [0.1, 0.15) is 0 Å². The van der Waals surface area contributed by atoms with Crippen molar-refractivity contribution in [2.24, 2.45) is 5.92 Å². The SMILES string of the molecule is COC1CCC[C@H](COCC2=CC(=O)NC2=O)C1. The van der Waals surface area contributed by atoms with E-state index in [0.29, 0.717) is 24.2 Å². The van der Waals surface area contributed by atoms with Gasteiger partial charge in [-0.1, -0.05) is 6.42 Å². The number of amides is 2. The summed E-state index contributed by atoms with van der Waals surface area (Å²) < 4.78 is 10.9. The van der Waals surface area contributed by atoms with Crippen LogP contribution in [0.4, 0.5) is 0 Å². The number of rotatable bonds is 5. The molecule has 2 aliphatic rings. The molecule has 1 heterocycles. The van der Waals surface area contributed by atoms with Crippen LogP contribution in [0.25, 0.3) is 0 Å². The molecular formula is C13H19NO4. The van der Waals surface area contributed by atoms with Crippen LogP contribution in [0.2, 0.25) is 0 Å². The highest BCUT2D eigenvalue weighted by atomic mass is 16.5. The lowest BCUT2D eigenvalue weighted by Crippen LogP contribution is -2.26. The first-order valence-electron chi connectivity index (χ1n) is 6.35. The lowest BCUT2D eigenvalue weighted by Gasteiger charge is -2.27. The summed E-state index contributed by atoms with van der Waals surface area (Å²) in [5.41, 5.74) is 0.416. The van der Waals surface area contributed by atoms with E-state index in [1.165, 1.54) is 6.08 Å². The average molecular weight is 253 g/mol. The Labute approximate surface area is 107 Å². The van der Waals surface area contributed by atoms with E-state index in [1.54, 1.807) is 7.11 Å². The minimum Gasteiger partial charge on any atom is -0.381 e. The normalized spacial score (nSPS) is 28.2. The number of imide groups is 1. The maximum atomic E-state index is 11.3. The van der Waals surface area contributed by atoms with Crippen LogP contribution in [0.3, 0.4) is 0 Å². The van der Waals surface area contributed by atoms with E-state index < -0.39 is 0 Å². The molecule has 1 aliphatic heterocycles. The Morgan fingerprint density at radius 1 is 1.39 bits per heavy atom. The van der Waals surface area contributed by atoms with Crippen molar-refractivity contribution >= 4 is 11.8 Å². The number of carbonyl (C=O) groups is 2. The highest BCUT2D eigenvalue weighted by Crippen LogP contribution is 2.26. The Hall–Kier alpha value is -1.20. The zero-order chi connectivity index (χ0) is 13.0. The molecule has 1 N–H and O–H groups in total. The van der Waals surface area contributed by atoms with E-state index in [4.69, 9.17) is 9.47 Å². The first-order chi connectivity index (χ1) is 8.69. The van der Waals surface area contributed by atoms with Crippen LogP contribution < -0.4 is 5.32 Å². The van der Waals surface area contributed by atoms with Gasteiger partial charge in [-0.25, -0.2) is 0 Å². The monoisotopic (exact) mass is 253 g/mol. The number of ether oxygens (including phenoxy) is 2. The van der Waals surface area contributed by atoms with Crippen molar-refractivity contribution in [1.82, 2.24) is 5.32 Å². The Morgan fingerprint density at radius 2 is 2.22 bits per heavy atom. The quantitative estimate of drug-likeness (QED) is 0.736. The number of nitrogens with one attached hydrogen (secondary N) is 1. The van der Waals surface area contributed by atoms with E-state index >= 15 is 0 Å². The fourth-order valence-electron chi connectivity index (χ4n) is 2.50. The van der Waals surface area contributed by atoms with Gasteiger partial charge in [0.15, 0.2) is 0 Å². The summed E-state index contributed by atoms with van der Waals surface area (Å²) in [7, 11) is 1.74. The molecule has 0 aromatic carbocycles. The molecule has 5 heteroatoms. The highest BCUT2D eigenvalue weighted by molar-refractivity contribution is 6.16. The van der Waals surface area contributed by atoms with E-state index in [-0.39, 0.29) is 18.4 Å². The standard InChI is InChI=1S/C13H19NO4/c1-17-11-4-2-3-9(5-11)7-18-8-10-6-12(15)14-13(10)16/h6,9,11H,2-5,7-8H2,1H3,(H,14,15,16)/t9-,11?/m0/s1. The third kappa shape index (κ3) is 3.40. The maximum absolute atomic E-state index is 11.3. The molecule has 1 fully saturated rings. The van der Waals surface area contributed by atoms with Crippen LogP contribution in [0.5, 0.6) is 0 Å². The van der Waals surface area contributed by atoms with Crippen molar-refractivity contribution in [3.63, 3.8) is 0 Å². The molecule has 1 aliphatic carbocycles. The van der Waals surface area contributed by atoms with Gasteiger partial charge in [0.2, 0.25) is 0 Å². The minimum atomic E-state index is -0.351. The van der Waals surface area contributed by atoms with Gasteiger partial charge in [0.25, 0.3) is 11.8 Å². The first kappa shape index (κ1) is 13.2. The number of hydrogen-bond acceptors (Lipinski definition) is 4. The molecule has 0 radical (unpaired) electrons. The number of carbonyl (C=O) groups excluding carboxylic acids is 2. The van der Waals surface area contributed by atoms with Crippen molar-refractivity contribution in [1.29, 1.82) is 0 Å². The summed E-state index contributed by atoms with van der Waals surface area (Å²) in [5, 5.41) is 2.20. The molecule has 1 unspecified atom stereocenters. The lowest BCUT2D eigenvalue weighted by atomic mass is 9.88. The fourth-order valence-corrected chi connectivity index (χ4v) is 2.50. The third-order valence-electron chi connectivity index (χ3n) is 3.51. The minimum absolute atomic E-state index is 0.214. The number of methoxy groups -OCH3 is 1. The van der Waals surface area contributed by atoms with Gasteiger partial charge in [-0.15, -0.1) is 0 Å². The van der Waals surface area contributed by atoms with Gasteiger partial charge in [-0.2, -0.15) is 0 Å². The first-order valence-corrected chi connectivity index (χ1v) is 6.35. The van der Waals surface area contributed by atoms with Gasteiger partial charge in [0, 0.05) is 25.4 Å². The van der Waals surface area contributed by atoms with Gasteiger partial charge in [-0.3, -0.25) is 14.9 Å². The Kier molecular flexibility index (Phi) is 4.49. The molecule has 0 bridgehead atoms. The molecular weight excluding hydrogens is 234 g/mol. The van der Waals surface area contributed by atoms with Crippen molar-refractivity contribution in [3.05, 3.63) is 11.6 Å². The second-order valence-electron chi connectivity index (χ2n) is 4.89. The smallest absolute Gasteiger partial charge is 0.256 e. The van der Waals surface area contributed by atoms with Gasteiger partial charge in [-0.05, 0) is 25.2 Å². The molecule has 100 valence electrons. The Balaban J connectivity index is 1.70. The van der Waals surface area contributed by atoms with E-state index in [1.807, 2.05) is 0 Å². The molecule has 0 saturated heterocycles. The molecule has 2 rings (SSSR count). The average Bonchev–Trinajstić information content (AvgIpc) is 2.68. The molecule has 1 saturated carbocycles. The zero-order valence-corrected chi connectivity index (χ0v) is 10.6. The summed E-state index contributed by atoms with van der Waals surface area (Å²) in [4.78, 5) is 22.2. The largest absolute Gasteiger partial charge is 0.381 e. The van der Waals surface area contributed by atoms with Crippen LogP contribution in [-0.2, 0) is 19.1 Å². The molecule has 5 nitrogen and oxygen atoms in total. The van der Waals surface area contributed by atoms with Crippen LogP contribution >= 0.6 is 0 Å². The summed E-state index contributed by atoms with van der Waals surface area (Å²) in [6, 6.07) is 0. The van der Waals surface area contributed by atoms with Gasteiger partial charge >= 0.3 is 0 Å². The van der Waals surface area contributed by atoms with Crippen molar-refractivity contribution in [2.45, 2.75) is 31.8 Å².